The molecule has 0 fully saturated rings. The highest BCUT2D eigenvalue weighted by molar-refractivity contribution is 5.82. The van der Waals surface area contributed by atoms with Crippen LogP contribution >= 0.6 is 0 Å². The Morgan fingerprint density at radius 3 is 3.06 bits per heavy atom. The molecular formula is C12H14N2O2. The molecule has 0 aliphatic carbocycles. The number of hydrogen-bond acceptors (Lipinski definition) is 3. The van der Waals surface area contributed by atoms with Crippen molar-refractivity contribution < 1.29 is 9.90 Å². The molecule has 4 heteroatoms. The summed E-state index contributed by atoms with van der Waals surface area (Å²) in [5.41, 5.74) is 2.39. The number of aliphatic carboxylic acids is 1. The maximum Gasteiger partial charge on any atom is 0.303 e. The van der Waals surface area contributed by atoms with Crippen molar-refractivity contribution in [2.45, 2.75) is 19.4 Å². The quantitative estimate of drug-likeness (QED) is 0.836. The molecule has 84 valence electrons. The third-order valence-electron chi connectivity index (χ3n) is 2.57. The van der Waals surface area contributed by atoms with E-state index in [1.165, 1.54) is 5.56 Å². The van der Waals surface area contributed by atoms with Gasteiger partial charge < -0.3 is 5.11 Å². The molecule has 2 rings (SSSR count). The van der Waals surface area contributed by atoms with Crippen LogP contribution in [0.1, 0.15) is 24.0 Å². The third kappa shape index (κ3) is 2.59. The first kappa shape index (κ1) is 10.7. The van der Waals surface area contributed by atoms with Crippen molar-refractivity contribution in [2.24, 2.45) is 5.10 Å². The van der Waals surface area contributed by atoms with Crippen LogP contribution in [0.15, 0.2) is 29.4 Å². The summed E-state index contributed by atoms with van der Waals surface area (Å²) in [6, 6.07) is 8.11. The van der Waals surface area contributed by atoms with Crippen LogP contribution in [0.2, 0.25) is 0 Å². The van der Waals surface area contributed by atoms with Gasteiger partial charge in [0.1, 0.15) is 0 Å². The first-order valence-corrected chi connectivity index (χ1v) is 5.34. The number of fused-ring (bicyclic) bond motifs is 1. The van der Waals surface area contributed by atoms with E-state index in [0.29, 0.717) is 13.0 Å². The number of carbonyl (C=O) groups is 1. The van der Waals surface area contributed by atoms with Gasteiger partial charge in [-0.2, -0.15) is 5.10 Å². The summed E-state index contributed by atoms with van der Waals surface area (Å²) in [5, 5.41) is 14.7. The molecule has 16 heavy (non-hydrogen) atoms. The fourth-order valence-electron chi connectivity index (χ4n) is 1.74. The number of hydrogen-bond donors (Lipinski definition) is 1. The summed E-state index contributed by atoms with van der Waals surface area (Å²) in [5.74, 6) is -0.749. The van der Waals surface area contributed by atoms with E-state index in [0.717, 1.165) is 12.1 Å². The summed E-state index contributed by atoms with van der Waals surface area (Å²) < 4.78 is 0. The lowest BCUT2D eigenvalue weighted by Gasteiger charge is -2.23. The molecule has 0 radical (unpaired) electrons. The first-order valence-electron chi connectivity index (χ1n) is 5.34. The van der Waals surface area contributed by atoms with E-state index in [9.17, 15) is 4.79 Å². The molecule has 1 heterocycles. The van der Waals surface area contributed by atoms with Crippen LogP contribution < -0.4 is 0 Å². The molecule has 1 aromatic carbocycles. The van der Waals surface area contributed by atoms with Gasteiger partial charge in [0.05, 0.1) is 12.8 Å². The maximum atomic E-state index is 10.4. The molecule has 1 aliphatic rings. The van der Waals surface area contributed by atoms with Gasteiger partial charge in [0.15, 0.2) is 0 Å². The van der Waals surface area contributed by atoms with E-state index in [1.54, 1.807) is 0 Å². The zero-order valence-corrected chi connectivity index (χ0v) is 8.97. The smallest absolute Gasteiger partial charge is 0.303 e. The van der Waals surface area contributed by atoms with Crippen molar-refractivity contribution in [3.05, 3.63) is 35.4 Å². The fourth-order valence-corrected chi connectivity index (χ4v) is 1.74. The van der Waals surface area contributed by atoms with E-state index in [1.807, 2.05) is 29.4 Å². The standard InChI is InChI=1S/C12H14N2O2/c15-12(16)6-3-7-14-9-11-5-2-1-4-10(11)8-13-14/h1-2,4-5,8H,3,6-7,9H2,(H,15,16). The Labute approximate surface area is 94.2 Å². The number of carboxylic acids is 1. The highest BCUT2D eigenvalue weighted by Crippen LogP contribution is 2.15. The Balaban J connectivity index is 1.91. The van der Waals surface area contributed by atoms with Crippen LogP contribution in [-0.2, 0) is 11.3 Å². The average Bonchev–Trinajstić information content (AvgIpc) is 2.28. The third-order valence-corrected chi connectivity index (χ3v) is 2.57. The number of nitrogens with zero attached hydrogens (tertiary/aromatic N) is 2. The van der Waals surface area contributed by atoms with Crippen molar-refractivity contribution in [1.29, 1.82) is 0 Å². The van der Waals surface area contributed by atoms with Crippen LogP contribution in [0.5, 0.6) is 0 Å². The monoisotopic (exact) mass is 218 g/mol. The van der Waals surface area contributed by atoms with Crippen molar-refractivity contribution in [2.75, 3.05) is 6.54 Å². The highest BCUT2D eigenvalue weighted by atomic mass is 16.4. The van der Waals surface area contributed by atoms with Gasteiger partial charge in [0.25, 0.3) is 0 Å². The van der Waals surface area contributed by atoms with E-state index in [4.69, 9.17) is 5.11 Å². The number of benzene rings is 1. The molecule has 0 amide bonds. The predicted molar refractivity (Wildman–Crippen MR) is 61.3 cm³/mol. The second-order valence-corrected chi connectivity index (χ2v) is 3.83. The van der Waals surface area contributed by atoms with Gasteiger partial charge in [-0.1, -0.05) is 24.3 Å². The zero-order valence-electron chi connectivity index (χ0n) is 8.97. The fraction of sp³-hybridized carbons (Fsp3) is 0.333. The molecule has 1 aliphatic heterocycles. The molecule has 0 aromatic heterocycles. The number of hydrazone groups is 1. The lowest BCUT2D eigenvalue weighted by molar-refractivity contribution is -0.137. The molecule has 0 spiro atoms. The van der Waals surface area contributed by atoms with Gasteiger partial charge in [-0.3, -0.25) is 9.80 Å². The summed E-state index contributed by atoms with van der Waals surface area (Å²) in [6.45, 7) is 1.46. The maximum absolute atomic E-state index is 10.4. The zero-order chi connectivity index (χ0) is 11.4. The number of carboxylic acid groups (broad SMARTS) is 1. The van der Waals surface area contributed by atoms with E-state index in [2.05, 4.69) is 11.2 Å². The van der Waals surface area contributed by atoms with Crippen LogP contribution in [0.3, 0.4) is 0 Å². The van der Waals surface area contributed by atoms with Crippen molar-refractivity contribution in [3.63, 3.8) is 0 Å². The second kappa shape index (κ2) is 4.79. The van der Waals surface area contributed by atoms with E-state index >= 15 is 0 Å². The average molecular weight is 218 g/mol. The molecule has 0 saturated carbocycles. The van der Waals surface area contributed by atoms with E-state index < -0.39 is 5.97 Å². The van der Waals surface area contributed by atoms with Crippen molar-refractivity contribution in [1.82, 2.24) is 5.01 Å². The molecule has 4 nitrogen and oxygen atoms in total. The lowest BCUT2D eigenvalue weighted by atomic mass is 10.1. The molecule has 0 atom stereocenters. The Hall–Kier alpha value is -1.84. The van der Waals surface area contributed by atoms with E-state index in [-0.39, 0.29) is 6.42 Å². The predicted octanol–water partition coefficient (Wildman–Crippen LogP) is 1.70. The van der Waals surface area contributed by atoms with Crippen LogP contribution in [-0.4, -0.2) is 28.8 Å². The second-order valence-electron chi connectivity index (χ2n) is 3.83. The number of rotatable bonds is 4. The summed E-state index contributed by atoms with van der Waals surface area (Å²) in [4.78, 5) is 10.4. The largest absolute Gasteiger partial charge is 0.481 e. The minimum Gasteiger partial charge on any atom is -0.481 e. The Morgan fingerprint density at radius 1 is 1.44 bits per heavy atom. The van der Waals surface area contributed by atoms with Gasteiger partial charge in [-0.05, 0) is 17.5 Å². The van der Waals surface area contributed by atoms with Crippen molar-refractivity contribution in [3.8, 4) is 0 Å². The topological polar surface area (TPSA) is 52.9 Å². The molecular weight excluding hydrogens is 204 g/mol. The Bertz CT molecular complexity index is 415. The van der Waals surface area contributed by atoms with Gasteiger partial charge >= 0.3 is 5.97 Å². The molecule has 0 saturated heterocycles. The van der Waals surface area contributed by atoms with Crippen LogP contribution in [0.25, 0.3) is 0 Å². The first-order chi connectivity index (χ1) is 7.75. The minimum absolute atomic E-state index is 0.202. The molecule has 0 unspecified atom stereocenters. The van der Waals surface area contributed by atoms with Gasteiger partial charge in [-0.15, -0.1) is 0 Å². The van der Waals surface area contributed by atoms with Crippen molar-refractivity contribution >= 4 is 12.2 Å². The SMILES string of the molecule is O=C(O)CCCN1Cc2ccccc2C=N1. The molecule has 0 bridgehead atoms. The van der Waals surface area contributed by atoms with Crippen LogP contribution in [0.4, 0.5) is 0 Å². The summed E-state index contributed by atoms with van der Waals surface area (Å²) >= 11 is 0. The normalized spacial score (nSPS) is 13.6. The Kier molecular flexibility index (Phi) is 3.19. The Morgan fingerprint density at radius 2 is 2.25 bits per heavy atom. The lowest BCUT2D eigenvalue weighted by Crippen LogP contribution is -2.23. The van der Waals surface area contributed by atoms with Crippen LogP contribution in [0, 0.1) is 0 Å². The van der Waals surface area contributed by atoms with Gasteiger partial charge in [-0.25, -0.2) is 0 Å². The summed E-state index contributed by atoms with van der Waals surface area (Å²) in [6.07, 6.45) is 2.67. The highest BCUT2D eigenvalue weighted by Gasteiger charge is 2.10. The van der Waals surface area contributed by atoms with Gasteiger partial charge in [0.2, 0.25) is 0 Å². The molecule has 1 aromatic rings. The molecule has 1 N–H and O–H groups in total. The summed E-state index contributed by atoms with van der Waals surface area (Å²) in [7, 11) is 0. The van der Waals surface area contributed by atoms with Gasteiger partial charge in [0, 0.05) is 13.0 Å². The minimum atomic E-state index is -0.749.